The van der Waals surface area contributed by atoms with Gasteiger partial charge >= 0.3 is 0 Å². The predicted octanol–water partition coefficient (Wildman–Crippen LogP) is -0.288. The molecule has 12 heavy (non-hydrogen) atoms. The number of rotatable bonds is 5. The highest BCUT2D eigenvalue weighted by atomic mass is 32.2. The third-order valence-corrected chi connectivity index (χ3v) is 2.68. The summed E-state index contributed by atoms with van der Waals surface area (Å²) in [7, 11) is -5.70. The predicted molar refractivity (Wildman–Crippen MR) is 48.3 cm³/mol. The van der Waals surface area contributed by atoms with E-state index >= 15 is 0 Å². The molecule has 0 saturated heterocycles. The van der Waals surface area contributed by atoms with E-state index < -0.39 is 20.5 Å². The van der Waals surface area contributed by atoms with Crippen molar-refractivity contribution in [3.63, 3.8) is 0 Å². The summed E-state index contributed by atoms with van der Waals surface area (Å²) in [4.78, 5) is 0. The number of hydrogen-bond acceptors (Lipinski definition) is 4. The first kappa shape index (κ1) is 11.4. The SMILES string of the molecule is C=CS(=O)(=O)C/C=C/C[SH](=O)=O. The van der Waals surface area contributed by atoms with E-state index in [0.29, 0.717) is 0 Å². The van der Waals surface area contributed by atoms with E-state index in [2.05, 4.69) is 6.58 Å². The average Bonchev–Trinajstić information content (AvgIpc) is 1.98. The van der Waals surface area contributed by atoms with Gasteiger partial charge < -0.3 is 0 Å². The molecule has 0 aromatic carbocycles. The van der Waals surface area contributed by atoms with Crippen LogP contribution < -0.4 is 0 Å². The third kappa shape index (κ3) is 6.11. The van der Waals surface area contributed by atoms with Crippen LogP contribution >= 0.6 is 0 Å². The Balaban J connectivity index is 4.00. The fraction of sp³-hybridized carbons (Fsp3) is 0.333. The van der Waals surface area contributed by atoms with Crippen molar-refractivity contribution < 1.29 is 16.8 Å². The molecule has 0 rings (SSSR count). The lowest BCUT2D eigenvalue weighted by Crippen LogP contribution is -1.98. The summed E-state index contributed by atoms with van der Waals surface area (Å²) in [5, 5.41) is 0.842. The Morgan fingerprint density at radius 3 is 2.25 bits per heavy atom. The van der Waals surface area contributed by atoms with Crippen LogP contribution in [0.3, 0.4) is 0 Å². The summed E-state index contributed by atoms with van der Waals surface area (Å²) in [6, 6.07) is 0. The third-order valence-electron chi connectivity index (χ3n) is 1.00. The zero-order valence-corrected chi connectivity index (χ0v) is 8.05. The molecule has 0 heterocycles. The second-order valence-electron chi connectivity index (χ2n) is 1.98. The van der Waals surface area contributed by atoms with Crippen LogP contribution in [0, 0.1) is 0 Å². The molecule has 0 radical (unpaired) electrons. The Morgan fingerprint density at radius 2 is 1.83 bits per heavy atom. The van der Waals surface area contributed by atoms with Gasteiger partial charge in [0.25, 0.3) is 0 Å². The summed E-state index contributed by atoms with van der Waals surface area (Å²) in [5.74, 6) is -0.318. The van der Waals surface area contributed by atoms with Gasteiger partial charge in [-0.25, -0.2) is 16.8 Å². The number of thiol groups is 1. The van der Waals surface area contributed by atoms with Crippen molar-refractivity contribution >= 4 is 20.5 Å². The number of sulfone groups is 1. The molecule has 0 unspecified atom stereocenters. The molecular formula is C6H10O4S2. The highest BCUT2D eigenvalue weighted by molar-refractivity contribution is 7.94. The molecule has 0 saturated carbocycles. The monoisotopic (exact) mass is 210 g/mol. The van der Waals surface area contributed by atoms with E-state index in [1.165, 1.54) is 12.2 Å². The lowest BCUT2D eigenvalue weighted by Gasteiger charge is -1.88. The highest BCUT2D eigenvalue weighted by Crippen LogP contribution is 1.90. The van der Waals surface area contributed by atoms with E-state index in [1.54, 1.807) is 0 Å². The molecule has 6 heteroatoms. The van der Waals surface area contributed by atoms with Crippen LogP contribution in [-0.2, 0) is 20.5 Å². The Hall–Kier alpha value is -0.620. The maximum Gasteiger partial charge on any atom is 0.174 e. The largest absolute Gasteiger partial charge is 0.232 e. The quantitative estimate of drug-likeness (QED) is 0.500. The minimum Gasteiger partial charge on any atom is -0.232 e. The van der Waals surface area contributed by atoms with Gasteiger partial charge in [0, 0.05) is 5.41 Å². The Morgan fingerprint density at radius 1 is 1.25 bits per heavy atom. The van der Waals surface area contributed by atoms with Crippen LogP contribution in [0.1, 0.15) is 0 Å². The lowest BCUT2D eigenvalue weighted by atomic mass is 10.6. The average molecular weight is 210 g/mol. The van der Waals surface area contributed by atoms with E-state index in [9.17, 15) is 16.8 Å². The van der Waals surface area contributed by atoms with Crippen LogP contribution in [0.5, 0.6) is 0 Å². The van der Waals surface area contributed by atoms with Gasteiger partial charge in [0.1, 0.15) is 10.7 Å². The molecule has 0 aromatic rings. The number of hydrogen-bond donors (Lipinski definition) is 1. The van der Waals surface area contributed by atoms with Crippen LogP contribution in [0.2, 0.25) is 0 Å². The lowest BCUT2D eigenvalue weighted by molar-refractivity contribution is 0.607. The van der Waals surface area contributed by atoms with Crippen molar-refractivity contribution in [1.29, 1.82) is 0 Å². The maximum absolute atomic E-state index is 10.7. The molecule has 0 aliphatic rings. The van der Waals surface area contributed by atoms with Crippen molar-refractivity contribution in [1.82, 2.24) is 0 Å². The zero-order valence-electron chi connectivity index (χ0n) is 6.34. The van der Waals surface area contributed by atoms with Crippen molar-refractivity contribution in [3.8, 4) is 0 Å². The molecule has 0 atom stereocenters. The fourth-order valence-electron chi connectivity index (χ4n) is 0.431. The van der Waals surface area contributed by atoms with Crippen LogP contribution in [0.4, 0.5) is 0 Å². The first-order chi connectivity index (χ1) is 5.48. The summed E-state index contributed by atoms with van der Waals surface area (Å²) >= 11 is 0. The van der Waals surface area contributed by atoms with Crippen molar-refractivity contribution in [2.24, 2.45) is 0 Å². The molecule has 0 aliphatic carbocycles. The van der Waals surface area contributed by atoms with Gasteiger partial charge in [0.15, 0.2) is 9.84 Å². The molecule has 0 bridgehead atoms. The summed E-state index contributed by atoms with van der Waals surface area (Å²) in [6.45, 7) is 3.10. The Kier molecular flexibility index (Phi) is 4.84. The molecule has 0 spiro atoms. The van der Waals surface area contributed by atoms with Gasteiger partial charge in [0.2, 0.25) is 0 Å². The first-order valence-electron chi connectivity index (χ1n) is 3.10. The first-order valence-corrected chi connectivity index (χ1v) is 6.18. The van der Waals surface area contributed by atoms with Gasteiger partial charge in [-0.05, 0) is 0 Å². The summed E-state index contributed by atoms with van der Waals surface area (Å²) in [5.41, 5.74) is 0. The Bertz CT molecular complexity index is 327. The molecule has 4 nitrogen and oxygen atoms in total. The second kappa shape index (κ2) is 5.10. The maximum atomic E-state index is 10.7. The minimum atomic E-state index is -3.24. The smallest absolute Gasteiger partial charge is 0.174 e. The van der Waals surface area contributed by atoms with Gasteiger partial charge in [-0.3, -0.25) is 0 Å². The molecule has 0 N–H and O–H groups in total. The van der Waals surface area contributed by atoms with Crippen molar-refractivity contribution in [3.05, 3.63) is 24.1 Å². The Labute approximate surface area is 73.5 Å². The minimum absolute atomic E-state index is 0.123. The molecule has 0 amide bonds. The van der Waals surface area contributed by atoms with Gasteiger partial charge in [-0.2, -0.15) is 0 Å². The van der Waals surface area contributed by atoms with Crippen LogP contribution in [0.15, 0.2) is 24.1 Å². The topological polar surface area (TPSA) is 68.3 Å². The van der Waals surface area contributed by atoms with Gasteiger partial charge in [0.05, 0.1) is 11.5 Å². The van der Waals surface area contributed by atoms with E-state index in [4.69, 9.17) is 0 Å². The summed E-state index contributed by atoms with van der Waals surface area (Å²) < 4.78 is 41.5. The van der Waals surface area contributed by atoms with Gasteiger partial charge in [-0.15, -0.1) is 0 Å². The zero-order chi connectivity index (χ0) is 9.61. The molecule has 0 aromatic heterocycles. The molecule has 0 fully saturated rings. The highest BCUT2D eigenvalue weighted by Gasteiger charge is 1.99. The van der Waals surface area contributed by atoms with Crippen LogP contribution in [-0.4, -0.2) is 28.3 Å². The molecule has 0 aliphatic heterocycles. The fourth-order valence-corrected chi connectivity index (χ4v) is 1.29. The van der Waals surface area contributed by atoms with Crippen molar-refractivity contribution in [2.45, 2.75) is 0 Å². The summed E-state index contributed by atoms with van der Waals surface area (Å²) in [6.07, 6.45) is 2.59. The van der Waals surface area contributed by atoms with Crippen LogP contribution in [0.25, 0.3) is 0 Å². The van der Waals surface area contributed by atoms with Crippen molar-refractivity contribution in [2.75, 3.05) is 11.5 Å². The van der Waals surface area contributed by atoms with Gasteiger partial charge in [-0.1, -0.05) is 18.7 Å². The second-order valence-corrected chi connectivity index (χ2v) is 5.01. The van der Waals surface area contributed by atoms with E-state index in [0.717, 1.165) is 5.41 Å². The van der Waals surface area contributed by atoms with E-state index in [-0.39, 0.29) is 11.5 Å². The normalized spacial score (nSPS) is 12.4. The van der Waals surface area contributed by atoms with E-state index in [1.807, 2.05) is 0 Å². The molecular weight excluding hydrogens is 200 g/mol. The standard InChI is InChI=1S/C6H10O4S2/c1-2-12(9,10)6-4-3-5-11(7)8/h2-4,11H,1,5-6H2/b4-3+. The molecule has 70 valence electrons.